The third-order valence-electron chi connectivity index (χ3n) is 1.74. The molecule has 0 unspecified atom stereocenters. The molecule has 72 valence electrons. The zero-order valence-electron chi connectivity index (χ0n) is 7.19. The van der Waals surface area contributed by atoms with E-state index in [1.54, 1.807) is 12.1 Å². The molecule has 0 bridgehead atoms. The predicted octanol–water partition coefficient (Wildman–Crippen LogP) is 1.19. The fourth-order valence-corrected chi connectivity index (χ4v) is 2.20. The Labute approximate surface area is 83.4 Å². The lowest BCUT2D eigenvalue weighted by Gasteiger charge is -2.04. The van der Waals surface area contributed by atoms with E-state index in [1.165, 1.54) is 0 Å². The van der Waals surface area contributed by atoms with Gasteiger partial charge in [-0.1, -0.05) is 13.0 Å². The van der Waals surface area contributed by atoms with Gasteiger partial charge in [-0.3, -0.25) is 0 Å². The summed E-state index contributed by atoms with van der Waals surface area (Å²) in [6.45, 7) is 1.94. The van der Waals surface area contributed by atoms with Crippen LogP contribution >= 0.6 is 12.6 Å². The van der Waals surface area contributed by atoms with E-state index >= 15 is 0 Å². The van der Waals surface area contributed by atoms with E-state index in [-0.39, 0.29) is 4.90 Å². The minimum absolute atomic E-state index is 0.0928. The zero-order valence-corrected chi connectivity index (χ0v) is 8.90. The van der Waals surface area contributed by atoms with Crippen molar-refractivity contribution in [1.29, 1.82) is 0 Å². The molecule has 0 aliphatic heterocycles. The molecule has 0 aliphatic rings. The van der Waals surface area contributed by atoms with Crippen molar-refractivity contribution in [3.8, 4) is 0 Å². The molecule has 0 fully saturated rings. The van der Waals surface area contributed by atoms with E-state index < -0.39 is 10.0 Å². The molecule has 3 nitrogen and oxygen atoms in total. The molecular formula is C8H11NO2S2. The van der Waals surface area contributed by atoms with Gasteiger partial charge in [0.05, 0.1) is 4.90 Å². The molecule has 0 radical (unpaired) electrons. The van der Waals surface area contributed by atoms with Crippen molar-refractivity contribution in [2.24, 2.45) is 5.14 Å². The lowest BCUT2D eigenvalue weighted by molar-refractivity contribution is 0.595. The molecule has 1 rings (SSSR count). The number of hydrogen-bond donors (Lipinski definition) is 2. The molecule has 0 saturated carbocycles. The van der Waals surface area contributed by atoms with Gasteiger partial charge < -0.3 is 0 Å². The van der Waals surface area contributed by atoms with Crippen LogP contribution in [0.25, 0.3) is 0 Å². The Morgan fingerprint density at radius 2 is 2.08 bits per heavy atom. The van der Waals surface area contributed by atoms with Crippen molar-refractivity contribution in [1.82, 2.24) is 0 Å². The highest BCUT2D eigenvalue weighted by atomic mass is 32.2. The Bertz CT molecular complexity index is 412. The summed E-state index contributed by atoms with van der Waals surface area (Å²) < 4.78 is 22.1. The van der Waals surface area contributed by atoms with Gasteiger partial charge in [-0.05, 0) is 24.1 Å². The van der Waals surface area contributed by atoms with Gasteiger partial charge in [-0.2, -0.15) is 0 Å². The minimum Gasteiger partial charge on any atom is -0.225 e. The molecular weight excluding hydrogens is 206 g/mol. The van der Waals surface area contributed by atoms with Crippen LogP contribution in [0.2, 0.25) is 0 Å². The SMILES string of the molecule is CCc1ccc(S)c(S(N)(=O)=O)c1. The van der Waals surface area contributed by atoms with Gasteiger partial charge in [0, 0.05) is 4.90 Å². The van der Waals surface area contributed by atoms with E-state index in [4.69, 9.17) is 5.14 Å². The van der Waals surface area contributed by atoms with Gasteiger partial charge in [0.25, 0.3) is 0 Å². The smallest absolute Gasteiger partial charge is 0.225 e. The van der Waals surface area contributed by atoms with Gasteiger partial charge in [0.1, 0.15) is 0 Å². The maximum Gasteiger partial charge on any atom is 0.239 e. The van der Waals surface area contributed by atoms with Crippen LogP contribution in [0.1, 0.15) is 12.5 Å². The van der Waals surface area contributed by atoms with Crippen molar-refractivity contribution in [3.05, 3.63) is 23.8 Å². The normalized spacial score (nSPS) is 11.6. The Kier molecular flexibility index (Phi) is 3.00. The number of rotatable bonds is 2. The van der Waals surface area contributed by atoms with E-state index in [0.717, 1.165) is 12.0 Å². The van der Waals surface area contributed by atoms with E-state index in [1.807, 2.05) is 13.0 Å². The van der Waals surface area contributed by atoms with Crippen LogP contribution in [-0.4, -0.2) is 8.42 Å². The number of primary sulfonamides is 1. The van der Waals surface area contributed by atoms with Gasteiger partial charge in [0.2, 0.25) is 10.0 Å². The summed E-state index contributed by atoms with van der Waals surface area (Å²) >= 11 is 4.02. The summed E-state index contributed by atoms with van der Waals surface area (Å²) in [6, 6.07) is 5.02. The first kappa shape index (κ1) is 10.6. The Morgan fingerprint density at radius 1 is 1.46 bits per heavy atom. The zero-order chi connectivity index (χ0) is 10.1. The van der Waals surface area contributed by atoms with Crippen LogP contribution in [0.4, 0.5) is 0 Å². The number of hydrogen-bond acceptors (Lipinski definition) is 3. The maximum atomic E-state index is 11.1. The second kappa shape index (κ2) is 3.69. The fraction of sp³-hybridized carbons (Fsp3) is 0.250. The van der Waals surface area contributed by atoms with Crippen LogP contribution in [0.3, 0.4) is 0 Å². The number of nitrogens with two attached hydrogens (primary N) is 1. The van der Waals surface area contributed by atoms with Crippen LogP contribution in [0.5, 0.6) is 0 Å². The van der Waals surface area contributed by atoms with Crippen LogP contribution in [0.15, 0.2) is 28.0 Å². The molecule has 2 N–H and O–H groups in total. The summed E-state index contributed by atoms with van der Waals surface area (Å²) in [7, 11) is -3.64. The third-order valence-corrected chi connectivity index (χ3v) is 3.23. The number of aryl methyl sites for hydroxylation is 1. The average molecular weight is 217 g/mol. The molecule has 0 spiro atoms. The molecule has 0 heterocycles. The second-order valence-corrected chi connectivity index (χ2v) is 4.71. The van der Waals surface area contributed by atoms with E-state index in [9.17, 15) is 8.42 Å². The fourth-order valence-electron chi connectivity index (χ4n) is 1.01. The molecule has 13 heavy (non-hydrogen) atoms. The minimum atomic E-state index is -3.64. The van der Waals surface area contributed by atoms with Gasteiger partial charge in [-0.25, -0.2) is 13.6 Å². The molecule has 0 amide bonds. The van der Waals surface area contributed by atoms with Crippen molar-refractivity contribution < 1.29 is 8.42 Å². The van der Waals surface area contributed by atoms with Crippen LogP contribution < -0.4 is 5.14 Å². The molecule has 5 heteroatoms. The van der Waals surface area contributed by atoms with Crippen molar-refractivity contribution >= 4 is 22.7 Å². The van der Waals surface area contributed by atoms with E-state index in [2.05, 4.69) is 12.6 Å². The average Bonchev–Trinajstić information content (AvgIpc) is 2.03. The van der Waals surface area contributed by atoms with Crippen molar-refractivity contribution in [3.63, 3.8) is 0 Å². The number of benzene rings is 1. The quantitative estimate of drug-likeness (QED) is 0.731. The summed E-state index contributed by atoms with van der Waals surface area (Å²) in [4.78, 5) is 0.481. The second-order valence-electron chi connectivity index (χ2n) is 2.70. The molecule has 0 aliphatic carbocycles. The lowest BCUT2D eigenvalue weighted by atomic mass is 10.2. The largest absolute Gasteiger partial charge is 0.239 e. The highest BCUT2D eigenvalue weighted by molar-refractivity contribution is 7.90. The first-order chi connectivity index (χ1) is 5.95. The Morgan fingerprint density at radius 3 is 2.54 bits per heavy atom. The maximum absolute atomic E-state index is 11.1. The Hall–Kier alpha value is -0.520. The molecule has 0 aromatic heterocycles. The van der Waals surface area contributed by atoms with E-state index in [0.29, 0.717) is 4.90 Å². The summed E-state index contributed by atoms with van der Waals surface area (Å²) in [5.74, 6) is 0. The van der Waals surface area contributed by atoms with Crippen LogP contribution in [-0.2, 0) is 16.4 Å². The molecule has 0 saturated heterocycles. The van der Waals surface area contributed by atoms with Crippen molar-refractivity contribution in [2.45, 2.75) is 23.1 Å². The number of sulfonamides is 1. The van der Waals surface area contributed by atoms with Crippen molar-refractivity contribution in [2.75, 3.05) is 0 Å². The third kappa shape index (κ3) is 2.46. The first-order valence-electron chi connectivity index (χ1n) is 3.80. The van der Waals surface area contributed by atoms with Crippen LogP contribution in [0, 0.1) is 0 Å². The Balaban J connectivity index is 3.36. The first-order valence-corrected chi connectivity index (χ1v) is 5.79. The highest BCUT2D eigenvalue weighted by Gasteiger charge is 2.11. The summed E-state index contributed by atoms with van der Waals surface area (Å²) in [5, 5.41) is 5.00. The predicted molar refractivity (Wildman–Crippen MR) is 54.4 cm³/mol. The standard InChI is InChI=1S/C8H11NO2S2/c1-2-6-3-4-7(12)8(5-6)13(9,10)11/h3-5,12H,2H2,1H3,(H2,9,10,11). The highest BCUT2D eigenvalue weighted by Crippen LogP contribution is 2.19. The lowest BCUT2D eigenvalue weighted by Crippen LogP contribution is -2.13. The molecule has 1 aromatic rings. The van der Waals surface area contributed by atoms with Gasteiger partial charge >= 0.3 is 0 Å². The van der Waals surface area contributed by atoms with Gasteiger partial charge in [-0.15, -0.1) is 12.6 Å². The van der Waals surface area contributed by atoms with Gasteiger partial charge in [0.15, 0.2) is 0 Å². The molecule has 0 atom stereocenters. The molecule has 1 aromatic carbocycles. The topological polar surface area (TPSA) is 60.2 Å². The monoisotopic (exact) mass is 217 g/mol. The summed E-state index contributed by atoms with van der Waals surface area (Å²) in [6.07, 6.45) is 0.774. The number of thiol groups is 1. The summed E-state index contributed by atoms with van der Waals surface area (Å²) in [5.41, 5.74) is 0.932.